The Labute approximate surface area is 153 Å². The van der Waals surface area contributed by atoms with Crippen molar-refractivity contribution < 1.29 is 9.59 Å². The lowest BCUT2D eigenvalue weighted by molar-refractivity contribution is -0.123. The van der Waals surface area contributed by atoms with Crippen LogP contribution in [0.2, 0.25) is 0 Å². The minimum atomic E-state index is -0.209. The molecule has 0 aliphatic carbocycles. The number of aryl methyl sites for hydroxylation is 3. The van der Waals surface area contributed by atoms with Crippen molar-refractivity contribution in [3.63, 3.8) is 0 Å². The highest BCUT2D eigenvalue weighted by Gasteiger charge is 2.10. The zero-order valence-corrected chi connectivity index (χ0v) is 15.7. The number of nitrogens with one attached hydrogen (secondary N) is 2. The lowest BCUT2D eigenvalue weighted by atomic mass is 10.1. The van der Waals surface area contributed by atoms with Gasteiger partial charge in [0.15, 0.2) is 0 Å². The van der Waals surface area contributed by atoms with Crippen LogP contribution in [0.25, 0.3) is 0 Å². The fourth-order valence-electron chi connectivity index (χ4n) is 2.61. The van der Waals surface area contributed by atoms with Gasteiger partial charge in [0.05, 0.1) is 6.54 Å². The van der Waals surface area contributed by atoms with Gasteiger partial charge in [-0.05, 0) is 44.0 Å². The number of amides is 2. The summed E-state index contributed by atoms with van der Waals surface area (Å²) in [5, 5.41) is 5.56. The Morgan fingerprint density at radius 3 is 2.24 bits per heavy atom. The van der Waals surface area contributed by atoms with Crippen molar-refractivity contribution in [1.29, 1.82) is 0 Å². The van der Waals surface area contributed by atoms with Crippen molar-refractivity contribution in [2.24, 2.45) is 0 Å². The number of benzene rings is 2. The Morgan fingerprint density at radius 1 is 0.960 bits per heavy atom. The minimum absolute atomic E-state index is 0.0123. The third-order valence-corrected chi connectivity index (χ3v) is 4.74. The summed E-state index contributed by atoms with van der Waals surface area (Å²) in [6.07, 6.45) is 0.384. The fraction of sp³-hybridized carbons (Fsp3) is 0.300. The van der Waals surface area contributed by atoms with Gasteiger partial charge < -0.3 is 10.6 Å². The summed E-state index contributed by atoms with van der Waals surface area (Å²) in [5.41, 5.74) is 4.04. The van der Waals surface area contributed by atoms with Crippen LogP contribution < -0.4 is 10.6 Å². The van der Waals surface area contributed by atoms with Gasteiger partial charge >= 0.3 is 0 Å². The summed E-state index contributed by atoms with van der Waals surface area (Å²) in [4.78, 5) is 25.1. The van der Waals surface area contributed by atoms with E-state index in [1.807, 2.05) is 63.2 Å². The number of carbonyl (C=O) groups excluding carboxylic acids is 2. The van der Waals surface area contributed by atoms with Crippen LogP contribution in [-0.4, -0.2) is 24.1 Å². The first-order valence-electron chi connectivity index (χ1n) is 8.28. The monoisotopic (exact) mass is 356 g/mol. The number of anilines is 1. The number of thioether (sulfide) groups is 1. The van der Waals surface area contributed by atoms with Gasteiger partial charge in [-0.15, -0.1) is 11.8 Å². The Kier molecular flexibility index (Phi) is 7.07. The van der Waals surface area contributed by atoms with Gasteiger partial charge in [0, 0.05) is 22.8 Å². The molecule has 5 heteroatoms. The van der Waals surface area contributed by atoms with E-state index in [4.69, 9.17) is 0 Å². The molecule has 2 aromatic carbocycles. The lowest BCUT2D eigenvalue weighted by Gasteiger charge is -2.13. The summed E-state index contributed by atoms with van der Waals surface area (Å²) in [7, 11) is 0. The summed E-state index contributed by atoms with van der Waals surface area (Å²) in [6.45, 7) is 5.95. The molecule has 0 aliphatic heterocycles. The molecule has 0 heterocycles. The molecule has 25 heavy (non-hydrogen) atoms. The molecule has 0 radical (unpaired) electrons. The molecule has 2 rings (SSSR count). The third-order valence-electron chi connectivity index (χ3n) is 3.73. The van der Waals surface area contributed by atoms with Crippen molar-refractivity contribution in [1.82, 2.24) is 5.32 Å². The fourth-order valence-corrected chi connectivity index (χ4v) is 3.48. The number of carbonyl (C=O) groups is 2. The van der Waals surface area contributed by atoms with E-state index in [0.717, 1.165) is 27.3 Å². The van der Waals surface area contributed by atoms with Gasteiger partial charge in [0.2, 0.25) is 11.8 Å². The van der Waals surface area contributed by atoms with E-state index in [9.17, 15) is 9.59 Å². The van der Waals surface area contributed by atoms with Crippen molar-refractivity contribution >= 4 is 29.3 Å². The first-order chi connectivity index (χ1) is 12.0. The van der Waals surface area contributed by atoms with Crippen LogP contribution in [0.4, 0.5) is 5.69 Å². The molecule has 0 fully saturated rings. The smallest absolute Gasteiger partial charge is 0.243 e. The second-order valence-corrected chi connectivity index (χ2v) is 7.18. The Bertz CT molecular complexity index is 722. The zero-order valence-electron chi connectivity index (χ0n) is 14.9. The molecule has 0 bridgehead atoms. The molecular formula is C20H24N2O2S. The quantitative estimate of drug-likeness (QED) is 0.741. The Hall–Kier alpha value is -2.27. The van der Waals surface area contributed by atoms with Gasteiger partial charge in [0.1, 0.15) is 0 Å². The number of hydrogen-bond acceptors (Lipinski definition) is 3. The standard InChI is InChI=1S/C20H24N2O2S/c1-14-11-15(2)20(16(3)12-14)22-19(24)13-21-18(23)9-10-25-17-7-5-4-6-8-17/h4-8,11-12H,9-10,13H2,1-3H3,(H,21,23)(H,22,24). The van der Waals surface area contributed by atoms with E-state index in [-0.39, 0.29) is 18.4 Å². The maximum absolute atomic E-state index is 12.1. The molecule has 2 amide bonds. The van der Waals surface area contributed by atoms with Crippen molar-refractivity contribution in [3.05, 3.63) is 59.2 Å². The molecule has 2 aromatic rings. The van der Waals surface area contributed by atoms with Crippen LogP contribution in [0, 0.1) is 20.8 Å². The summed E-state index contributed by atoms with van der Waals surface area (Å²) in [6, 6.07) is 14.0. The van der Waals surface area contributed by atoms with Crippen LogP contribution in [0.1, 0.15) is 23.1 Å². The lowest BCUT2D eigenvalue weighted by Crippen LogP contribution is -2.33. The highest BCUT2D eigenvalue weighted by molar-refractivity contribution is 7.99. The SMILES string of the molecule is Cc1cc(C)c(NC(=O)CNC(=O)CCSc2ccccc2)c(C)c1. The zero-order chi connectivity index (χ0) is 18.2. The van der Waals surface area contributed by atoms with Crippen LogP contribution in [0.15, 0.2) is 47.4 Å². The minimum Gasteiger partial charge on any atom is -0.347 e. The molecule has 0 spiro atoms. The largest absolute Gasteiger partial charge is 0.347 e. The molecule has 4 nitrogen and oxygen atoms in total. The van der Waals surface area contributed by atoms with E-state index in [1.165, 1.54) is 0 Å². The first kappa shape index (κ1) is 19.1. The molecule has 0 saturated carbocycles. The number of rotatable bonds is 7. The van der Waals surface area contributed by atoms with E-state index >= 15 is 0 Å². The van der Waals surface area contributed by atoms with E-state index < -0.39 is 0 Å². The highest BCUT2D eigenvalue weighted by atomic mass is 32.2. The average Bonchev–Trinajstić information content (AvgIpc) is 2.57. The summed E-state index contributed by atoms with van der Waals surface area (Å²) >= 11 is 1.63. The van der Waals surface area contributed by atoms with Crippen LogP contribution >= 0.6 is 11.8 Å². The Balaban J connectivity index is 1.73. The molecule has 0 atom stereocenters. The Morgan fingerprint density at radius 2 is 1.60 bits per heavy atom. The van der Waals surface area contributed by atoms with E-state index in [1.54, 1.807) is 11.8 Å². The van der Waals surface area contributed by atoms with Crippen molar-refractivity contribution in [3.8, 4) is 0 Å². The van der Waals surface area contributed by atoms with Crippen molar-refractivity contribution in [2.45, 2.75) is 32.1 Å². The topological polar surface area (TPSA) is 58.2 Å². The van der Waals surface area contributed by atoms with E-state index in [2.05, 4.69) is 10.6 Å². The molecule has 0 aliphatic rings. The average molecular weight is 356 g/mol. The van der Waals surface area contributed by atoms with Crippen LogP contribution in [0.5, 0.6) is 0 Å². The molecular weight excluding hydrogens is 332 g/mol. The molecule has 0 saturated heterocycles. The maximum atomic E-state index is 12.1. The highest BCUT2D eigenvalue weighted by Crippen LogP contribution is 2.21. The molecule has 0 aromatic heterocycles. The van der Waals surface area contributed by atoms with Crippen LogP contribution in [-0.2, 0) is 9.59 Å². The summed E-state index contributed by atoms with van der Waals surface area (Å²) in [5.74, 6) is 0.364. The van der Waals surface area contributed by atoms with Crippen LogP contribution in [0.3, 0.4) is 0 Å². The second-order valence-electron chi connectivity index (χ2n) is 6.01. The predicted molar refractivity (Wildman–Crippen MR) is 104 cm³/mol. The van der Waals surface area contributed by atoms with Crippen molar-refractivity contribution in [2.75, 3.05) is 17.6 Å². The van der Waals surface area contributed by atoms with Gasteiger partial charge in [-0.25, -0.2) is 0 Å². The van der Waals surface area contributed by atoms with Gasteiger partial charge in [-0.1, -0.05) is 35.9 Å². The van der Waals surface area contributed by atoms with E-state index in [0.29, 0.717) is 12.2 Å². The summed E-state index contributed by atoms with van der Waals surface area (Å²) < 4.78 is 0. The van der Waals surface area contributed by atoms with Gasteiger partial charge in [-0.3, -0.25) is 9.59 Å². The first-order valence-corrected chi connectivity index (χ1v) is 9.26. The predicted octanol–water partition coefficient (Wildman–Crippen LogP) is 3.85. The second kappa shape index (κ2) is 9.28. The number of hydrogen-bond donors (Lipinski definition) is 2. The van der Waals surface area contributed by atoms with Gasteiger partial charge in [0.25, 0.3) is 0 Å². The molecule has 2 N–H and O–H groups in total. The third kappa shape index (κ3) is 6.27. The maximum Gasteiger partial charge on any atom is 0.243 e. The normalized spacial score (nSPS) is 10.4. The molecule has 132 valence electrons. The van der Waals surface area contributed by atoms with Gasteiger partial charge in [-0.2, -0.15) is 0 Å². The molecule has 0 unspecified atom stereocenters.